The van der Waals surface area contributed by atoms with Crippen molar-refractivity contribution in [2.45, 2.75) is 17.1 Å². The molecular formula is C20H15Cl2FN2O2S. The summed E-state index contributed by atoms with van der Waals surface area (Å²) in [4.78, 5) is 6.09. The van der Waals surface area contributed by atoms with E-state index in [9.17, 15) is 12.8 Å². The largest absolute Gasteiger partial charge is 0.364 e. The fourth-order valence-electron chi connectivity index (χ4n) is 3.48. The van der Waals surface area contributed by atoms with Gasteiger partial charge in [-0.25, -0.2) is 12.8 Å². The third-order valence-corrected chi connectivity index (χ3v) is 7.41. The number of sulfone groups is 1. The number of fused-ring (bicyclic) bond motifs is 1. The van der Waals surface area contributed by atoms with Crippen LogP contribution in [0.15, 0.2) is 59.6 Å². The van der Waals surface area contributed by atoms with Crippen molar-refractivity contribution in [3.63, 3.8) is 0 Å². The molecule has 2 N–H and O–H groups in total. The zero-order valence-electron chi connectivity index (χ0n) is 14.6. The summed E-state index contributed by atoms with van der Waals surface area (Å²) in [5, 5.41) is -0.221. The lowest BCUT2D eigenvalue weighted by Gasteiger charge is -2.19. The second-order valence-corrected chi connectivity index (χ2v) is 9.32. The van der Waals surface area contributed by atoms with Crippen LogP contribution >= 0.6 is 23.2 Å². The molecule has 28 heavy (non-hydrogen) atoms. The highest BCUT2D eigenvalue weighted by Gasteiger charge is 2.36. The van der Waals surface area contributed by atoms with E-state index in [-0.39, 0.29) is 9.92 Å². The van der Waals surface area contributed by atoms with Crippen molar-refractivity contribution >= 4 is 43.9 Å². The minimum Gasteiger partial charge on any atom is -0.364 e. The molecule has 4 aromatic rings. The molecule has 2 aromatic carbocycles. The van der Waals surface area contributed by atoms with E-state index in [1.165, 1.54) is 30.3 Å². The summed E-state index contributed by atoms with van der Waals surface area (Å²) in [7, 11) is -3.99. The van der Waals surface area contributed by atoms with Gasteiger partial charge in [-0.15, -0.1) is 0 Å². The normalized spacial score (nSPS) is 13.1. The molecule has 0 fully saturated rings. The zero-order chi connectivity index (χ0) is 20.1. The van der Waals surface area contributed by atoms with Gasteiger partial charge in [0.15, 0.2) is 9.84 Å². The highest BCUT2D eigenvalue weighted by atomic mass is 35.5. The monoisotopic (exact) mass is 436 g/mol. The first-order valence-corrected chi connectivity index (χ1v) is 10.7. The maximum atomic E-state index is 14.0. The Kier molecular flexibility index (Phi) is 4.73. The van der Waals surface area contributed by atoms with E-state index in [0.717, 1.165) is 0 Å². The SMILES string of the molecule is Cc1[nH]c2ccc(F)cc2c1C(c1ccc[nH]1)S(=O)(=O)c1ccc(Cl)cc1Cl. The van der Waals surface area contributed by atoms with Crippen LogP contribution in [0.5, 0.6) is 0 Å². The van der Waals surface area contributed by atoms with E-state index in [1.807, 2.05) is 0 Å². The highest BCUT2D eigenvalue weighted by Crippen LogP contribution is 2.42. The third kappa shape index (κ3) is 3.11. The molecule has 0 saturated carbocycles. The Morgan fingerprint density at radius 3 is 2.54 bits per heavy atom. The molecule has 2 aromatic heterocycles. The van der Waals surface area contributed by atoms with Gasteiger partial charge < -0.3 is 9.97 Å². The van der Waals surface area contributed by atoms with Gasteiger partial charge in [-0.1, -0.05) is 23.2 Å². The Morgan fingerprint density at radius 1 is 1.07 bits per heavy atom. The van der Waals surface area contributed by atoms with Gasteiger partial charge >= 0.3 is 0 Å². The number of aromatic amines is 2. The van der Waals surface area contributed by atoms with Crippen molar-refractivity contribution in [2.24, 2.45) is 0 Å². The number of rotatable bonds is 4. The second kappa shape index (κ2) is 6.95. The Bertz CT molecular complexity index is 1280. The van der Waals surface area contributed by atoms with Crippen LogP contribution in [-0.2, 0) is 9.84 Å². The summed E-state index contributed by atoms with van der Waals surface area (Å²) in [6, 6.07) is 11.9. The van der Waals surface area contributed by atoms with Crippen molar-refractivity contribution in [2.75, 3.05) is 0 Å². The van der Waals surface area contributed by atoms with Gasteiger partial charge in [0.05, 0.1) is 9.92 Å². The van der Waals surface area contributed by atoms with E-state index in [0.29, 0.717) is 32.9 Å². The van der Waals surface area contributed by atoms with Crippen LogP contribution in [-0.4, -0.2) is 18.4 Å². The Morgan fingerprint density at radius 2 is 1.86 bits per heavy atom. The predicted molar refractivity (Wildman–Crippen MR) is 109 cm³/mol. The fraction of sp³-hybridized carbons (Fsp3) is 0.100. The van der Waals surface area contributed by atoms with Gasteiger partial charge in [0.25, 0.3) is 0 Å². The predicted octanol–water partition coefficient (Wildman–Crippen LogP) is 5.81. The maximum Gasteiger partial charge on any atom is 0.192 e. The molecule has 1 atom stereocenters. The van der Waals surface area contributed by atoms with E-state index in [4.69, 9.17) is 23.2 Å². The number of halogens is 3. The first-order chi connectivity index (χ1) is 13.3. The summed E-state index contributed by atoms with van der Waals surface area (Å²) in [6.45, 7) is 1.77. The van der Waals surface area contributed by atoms with Crippen molar-refractivity contribution in [3.8, 4) is 0 Å². The number of benzene rings is 2. The van der Waals surface area contributed by atoms with E-state index < -0.39 is 20.9 Å². The lowest BCUT2D eigenvalue weighted by molar-refractivity contribution is 0.588. The van der Waals surface area contributed by atoms with Gasteiger partial charge in [0.2, 0.25) is 0 Å². The minimum absolute atomic E-state index is 0.0349. The lowest BCUT2D eigenvalue weighted by atomic mass is 10.1. The number of nitrogens with one attached hydrogen (secondary N) is 2. The van der Waals surface area contributed by atoms with Crippen LogP contribution in [0.25, 0.3) is 10.9 Å². The molecule has 0 aliphatic rings. The van der Waals surface area contributed by atoms with E-state index in [2.05, 4.69) is 9.97 Å². The lowest BCUT2D eigenvalue weighted by Crippen LogP contribution is -2.17. The molecule has 0 aliphatic heterocycles. The second-order valence-electron chi connectivity index (χ2n) is 6.48. The number of aromatic nitrogens is 2. The quantitative estimate of drug-likeness (QED) is 0.423. The average Bonchev–Trinajstić information content (AvgIpc) is 3.24. The van der Waals surface area contributed by atoms with Crippen molar-refractivity contribution in [3.05, 3.63) is 87.5 Å². The van der Waals surface area contributed by atoms with Crippen molar-refractivity contribution < 1.29 is 12.8 Å². The standard InChI is InChI=1S/C20H15Cl2FN2O2S/c1-11-19(14-10-13(23)5-6-16(14)25-11)20(17-3-2-8-24-17)28(26,27)18-7-4-12(21)9-15(18)22/h2-10,20,24-25H,1H3. The maximum absolute atomic E-state index is 14.0. The highest BCUT2D eigenvalue weighted by molar-refractivity contribution is 7.92. The first kappa shape index (κ1) is 19.1. The number of H-pyrrole nitrogens is 2. The van der Waals surface area contributed by atoms with Crippen LogP contribution in [0, 0.1) is 12.7 Å². The molecule has 4 rings (SSSR count). The third-order valence-electron chi connectivity index (χ3n) is 4.68. The number of hydrogen-bond acceptors (Lipinski definition) is 2. The molecule has 0 aliphatic carbocycles. The van der Waals surface area contributed by atoms with Gasteiger partial charge in [-0.05, 0) is 55.5 Å². The van der Waals surface area contributed by atoms with Crippen LogP contribution in [0.3, 0.4) is 0 Å². The molecule has 8 heteroatoms. The Labute approximate surface area is 171 Å². The average molecular weight is 437 g/mol. The summed E-state index contributed by atoms with van der Waals surface area (Å²) < 4.78 is 41.3. The van der Waals surface area contributed by atoms with Gasteiger partial charge in [-0.3, -0.25) is 0 Å². The summed E-state index contributed by atoms with van der Waals surface area (Å²) in [5.74, 6) is -0.445. The van der Waals surface area contributed by atoms with Crippen molar-refractivity contribution in [1.29, 1.82) is 0 Å². The first-order valence-electron chi connectivity index (χ1n) is 8.39. The molecule has 0 amide bonds. The molecule has 1 unspecified atom stereocenters. The van der Waals surface area contributed by atoms with E-state index in [1.54, 1.807) is 31.3 Å². The topological polar surface area (TPSA) is 65.7 Å². The zero-order valence-corrected chi connectivity index (χ0v) is 17.0. The number of aryl methyl sites for hydroxylation is 1. The van der Waals surface area contributed by atoms with Gasteiger partial charge in [-0.2, -0.15) is 0 Å². The minimum atomic E-state index is -3.99. The molecule has 4 nitrogen and oxygen atoms in total. The Balaban J connectivity index is 2.03. The smallest absolute Gasteiger partial charge is 0.192 e. The molecule has 0 bridgehead atoms. The van der Waals surface area contributed by atoms with E-state index >= 15 is 0 Å². The van der Waals surface area contributed by atoms with Crippen molar-refractivity contribution in [1.82, 2.24) is 9.97 Å². The van der Waals surface area contributed by atoms with Gasteiger partial charge in [0.1, 0.15) is 11.1 Å². The fourth-order valence-corrected chi connectivity index (χ4v) is 6.14. The van der Waals surface area contributed by atoms with Gasteiger partial charge in [0, 0.05) is 39.1 Å². The summed E-state index contributed by atoms with van der Waals surface area (Å²) >= 11 is 12.2. The van der Waals surface area contributed by atoms with Crippen LogP contribution in [0.1, 0.15) is 22.2 Å². The summed E-state index contributed by atoms with van der Waals surface area (Å²) in [6.07, 6.45) is 1.64. The van der Waals surface area contributed by atoms with Crippen LogP contribution in [0.4, 0.5) is 4.39 Å². The molecule has 2 heterocycles. The molecule has 0 saturated heterocycles. The van der Waals surface area contributed by atoms with Crippen LogP contribution < -0.4 is 0 Å². The number of hydrogen-bond donors (Lipinski definition) is 2. The molecular weight excluding hydrogens is 422 g/mol. The molecule has 0 spiro atoms. The molecule has 144 valence electrons. The van der Waals surface area contributed by atoms with Crippen LogP contribution in [0.2, 0.25) is 10.0 Å². The Hall–Kier alpha value is -2.28. The molecule has 0 radical (unpaired) electrons. The summed E-state index contributed by atoms with van der Waals surface area (Å²) in [5.41, 5.74) is 2.22.